The van der Waals surface area contributed by atoms with E-state index < -0.39 is 5.97 Å². The van der Waals surface area contributed by atoms with Gasteiger partial charge in [-0.05, 0) is 60.8 Å². The van der Waals surface area contributed by atoms with Crippen molar-refractivity contribution >= 4 is 28.1 Å². The summed E-state index contributed by atoms with van der Waals surface area (Å²) < 4.78 is 0. The third-order valence-corrected chi connectivity index (χ3v) is 6.94. The van der Waals surface area contributed by atoms with Gasteiger partial charge in [-0.25, -0.2) is 0 Å². The zero-order valence-corrected chi connectivity index (χ0v) is 16.4. The van der Waals surface area contributed by atoms with Crippen LogP contribution in [0, 0.1) is 5.92 Å². The summed E-state index contributed by atoms with van der Waals surface area (Å²) in [5.74, 6) is -0.857. The predicted molar refractivity (Wildman–Crippen MR) is 111 cm³/mol. The Bertz CT molecular complexity index is 935. The van der Waals surface area contributed by atoms with Gasteiger partial charge in [0.05, 0.1) is 12.0 Å². The summed E-state index contributed by atoms with van der Waals surface area (Å²) in [6, 6.07) is 19.8. The van der Waals surface area contributed by atoms with Crippen molar-refractivity contribution in [3.05, 3.63) is 69.9 Å². The highest BCUT2D eigenvalue weighted by molar-refractivity contribution is 7.12. The third kappa shape index (κ3) is 3.64. The number of likely N-dealkylation sites (tertiary alicyclic amines) is 1. The Morgan fingerprint density at radius 1 is 1.11 bits per heavy atom. The molecule has 1 aliphatic heterocycles. The third-order valence-electron chi connectivity index (χ3n) is 5.66. The molecule has 2 heterocycles. The number of thiophene rings is 1. The van der Waals surface area contributed by atoms with Crippen molar-refractivity contribution in [2.45, 2.75) is 32.2 Å². The first-order valence-corrected chi connectivity index (χ1v) is 10.5. The van der Waals surface area contributed by atoms with Crippen molar-refractivity contribution in [1.29, 1.82) is 0 Å². The van der Waals surface area contributed by atoms with Gasteiger partial charge in [-0.1, -0.05) is 49.4 Å². The zero-order chi connectivity index (χ0) is 18.8. The van der Waals surface area contributed by atoms with Crippen LogP contribution in [0.5, 0.6) is 0 Å². The van der Waals surface area contributed by atoms with Gasteiger partial charge in [-0.2, -0.15) is 0 Å². The predicted octanol–water partition coefficient (Wildman–Crippen LogP) is 5.35. The number of aryl methyl sites for hydroxylation is 1. The Kier molecular flexibility index (Phi) is 5.28. The number of carboxylic acid groups (broad SMARTS) is 1. The van der Waals surface area contributed by atoms with Crippen LogP contribution in [0.3, 0.4) is 0 Å². The SMILES string of the molecule is CCc1ccc(C(c2cccc3ccccc23)N2CCC(C(=O)O)CC2)s1. The largest absolute Gasteiger partial charge is 0.481 e. The van der Waals surface area contributed by atoms with E-state index in [1.54, 1.807) is 0 Å². The highest BCUT2D eigenvalue weighted by atomic mass is 32.1. The van der Waals surface area contributed by atoms with E-state index >= 15 is 0 Å². The Morgan fingerprint density at radius 2 is 1.85 bits per heavy atom. The molecule has 0 spiro atoms. The number of benzene rings is 2. The smallest absolute Gasteiger partial charge is 0.306 e. The van der Waals surface area contributed by atoms with Crippen molar-refractivity contribution in [1.82, 2.24) is 4.90 Å². The van der Waals surface area contributed by atoms with Gasteiger partial charge in [-0.15, -0.1) is 11.3 Å². The van der Waals surface area contributed by atoms with Crippen LogP contribution in [0.15, 0.2) is 54.6 Å². The second kappa shape index (κ2) is 7.83. The fourth-order valence-corrected chi connectivity index (χ4v) is 5.26. The number of carboxylic acids is 1. The maximum atomic E-state index is 11.4. The fraction of sp³-hybridized carbons (Fsp3) is 0.348. The van der Waals surface area contributed by atoms with Crippen LogP contribution >= 0.6 is 11.3 Å². The topological polar surface area (TPSA) is 40.5 Å². The molecule has 4 rings (SSSR count). The molecule has 0 amide bonds. The van der Waals surface area contributed by atoms with Crippen molar-refractivity contribution < 1.29 is 9.90 Å². The van der Waals surface area contributed by atoms with Crippen LogP contribution in [0.2, 0.25) is 0 Å². The minimum Gasteiger partial charge on any atom is -0.481 e. The lowest BCUT2D eigenvalue weighted by Crippen LogP contribution is -2.39. The molecule has 3 nitrogen and oxygen atoms in total. The number of carbonyl (C=O) groups is 1. The number of piperidine rings is 1. The van der Waals surface area contributed by atoms with Crippen LogP contribution in [-0.2, 0) is 11.2 Å². The molecule has 0 bridgehead atoms. The minimum atomic E-state index is -0.652. The first kappa shape index (κ1) is 18.2. The van der Waals surface area contributed by atoms with E-state index in [1.165, 1.54) is 26.1 Å². The quantitative estimate of drug-likeness (QED) is 0.650. The molecular formula is C23H25NO2S. The molecule has 1 aromatic heterocycles. The standard InChI is InChI=1S/C23H25NO2S/c1-2-18-10-11-21(27-18)22(24-14-12-17(13-15-24)23(25)26)20-9-5-7-16-6-3-4-8-19(16)20/h3-11,17,22H,2,12-15H2,1H3,(H,25,26). The molecule has 140 valence electrons. The Morgan fingerprint density at radius 3 is 2.56 bits per heavy atom. The monoisotopic (exact) mass is 379 g/mol. The summed E-state index contributed by atoms with van der Waals surface area (Å²) in [6.45, 7) is 3.84. The molecule has 1 atom stereocenters. The van der Waals surface area contributed by atoms with Gasteiger partial charge >= 0.3 is 5.97 Å². The lowest BCUT2D eigenvalue weighted by molar-refractivity contribution is -0.143. The van der Waals surface area contributed by atoms with E-state index in [-0.39, 0.29) is 12.0 Å². The number of hydrogen-bond acceptors (Lipinski definition) is 3. The van der Waals surface area contributed by atoms with Crippen LogP contribution in [0.1, 0.15) is 41.1 Å². The molecule has 1 unspecified atom stereocenters. The summed E-state index contributed by atoms with van der Waals surface area (Å²) in [4.78, 5) is 16.6. The molecule has 4 heteroatoms. The molecule has 1 aliphatic rings. The summed E-state index contributed by atoms with van der Waals surface area (Å²) in [5, 5.41) is 11.9. The van der Waals surface area contributed by atoms with Crippen molar-refractivity contribution in [2.75, 3.05) is 13.1 Å². The van der Waals surface area contributed by atoms with Gasteiger partial charge in [0.25, 0.3) is 0 Å². The van der Waals surface area contributed by atoms with Crippen molar-refractivity contribution in [3.63, 3.8) is 0 Å². The second-order valence-corrected chi connectivity index (χ2v) is 8.48. The highest BCUT2D eigenvalue weighted by Crippen LogP contribution is 2.39. The minimum absolute atomic E-state index is 0.191. The van der Waals surface area contributed by atoms with Gasteiger partial charge < -0.3 is 5.11 Å². The first-order chi connectivity index (χ1) is 13.2. The summed E-state index contributed by atoms with van der Waals surface area (Å²) in [5.41, 5.74) is 1.33. The lowest BCUT2D eigenvalue weighted by Gasteiger charge is -2.37. The fourth-order valence-electron chi connectivity index (χ4n) is 4.15. The van der Waals surface area contributed by atoms with Gasteiger partial charge in [0.2, 0.25) is 0 Å². The number of hydrogen-bond donors (Lipinski definition) is 1. The first-order valence-electron chi connectivity index (χ1n) is 9.70. The Labute approximate surface area is 164 Å². The van der Waals surface area contributed by atoms with Gasteiger partial charge in [-0.3, -0.25) is 9.69 Å². The molecule has 0 radical (unpaired) electrons. The zero-order valence-electron chi connectivity index (χ0n) is 15.6. The molecule has 2 aromatic carbocycles. The number of rotatable bonds is 5. The van der Waals surface area contributed by atoms with Gasteiger partial charge in [0.1, 0.15) is 0 Å². The van der Waals surface area contributed by atoms with Crippen LogP contribution in [-0.4, -0.2) is 29.1 Å². The normalized spacial score (nSPS) is 17.2. The molecular weight excluding hydrogens is 354 g/mol. The molecule has 0 saturated carbocycles. The number of nitrogens with zero attached hydrogens (tertiary/aromatic N) is 1. The van der Waals surface area contributed by atoms with Crippen LogP contribution < -0.4 is 0 Å². The van der Waals surface area contributed by atoms with E-state index in [2.05, 4.69) is 66.4 Å². The average Bonchev–Trinajstić information content (AvgIpc) is 3.17. The van der Waals surface area contributed by atoms with Gasteiger partial charge in [0.15, 0.2) is 0 Å². The maximum Gasteiger partial charge on any atom is 0.306 e. The van der Waals surface area contributed by atoms with E-state index in [1.807, 2.05) is 11.3 Å². The highest BCUT2D eigenvalue weighted by Gasteiger charge is 2.31. The Balaban J connectivity index is 1.76. The molecule has 1 saturated heterocycles. The average molecular weight is 380 g/mol. The van der Waals surface area contributed by atoms with E-state index in [4.69, 9.17) is 0 Å². The van der Waals surface area contributed by atoms with Crippen LogP contribution in [0.25, 0.3) is 10.8 Å². The number of fused-ring (bicyclic) bond motifs is 1. The van der Waals surface area contributed by atoms with Crippen LogP contribution in [0.4, 0.5) is 0 Å². The Hall–Kier alpha value is -2.17. The molecule has 1 N–H and O–H groups in total. The van der Waals surface area contributed by atoms with E-state index in [0.29, 0.717) is 0 Å². The van der Waals surface area contributed by atoms with Crippen molar-refractivity contribution in [3.8, 4) is 0 Å². The van der Waals surface area contributed by atoms with Crippen molar-refractivity contribution in [2.24, 2.45) is 5.92 Å². The van der Waals surface area contributed by atoms with E-state index in [0.717, 1.165) is 32.4 Å². The molecule has 27 heavy (non-hydrogen) atoms. The second-order valence-electron chi connectivity index (χ2n) is 7.28. The molecule has 0 aliphatic carbocycles. The maximum absolute atomic E-state index is 11.4. The molecule has 1 fully saturated rings. The van der Waals surface area contributed by atoms with E-state index in [9.17, 15) is 9.90 Å². The molecule has 3 aromatic rings. The summed E-state index contributed by atoms with van der Waals surface area (Å²) in [7, 11) is 0. The lowest BCUT2D eigenvalue weighted by atomic mass is 9.92. The number of aliphatic carboxylic acids is 1. The summed E-state index contributed by atoms with van der Waals surface area (Å²) >= 11 is 1.89. The summed E-state index contributed by atoms with van der Waals surface area (Å²) in [6.07, 6.45) is 2.50. The van der Waals surface area contributed by atoms with Gasteiger partial charge in [0, 0.05) is 9.75 Å².